The van der Waals surface area contributed by atoms with Crippen LogP contribution in [0, 0.1) is 0 Å². The van der Waals surface area contributed by atoms with E-state index >= 15 is 0 Å². The average molecular weight is 251 g/mol. The van der Waals surface area contributed by atoms with Gasteiger partial charge in [0.05, 0.1) is 18.9 Å². The van der Waals surface area contributed by atoms with E-state index in [1.54, 1.807) is 13.3 Å². The van der Waals surface area contributed by atoms with E-state index in [-0.39, 0.29) is 6.04 Å². The van der Waals surface area contributed by atoms with Gasteiger partial charge in [0.25, 0.3) is 0 Å². The molecule has 0 aliphatic rings. The molecule has 0 radical (unpaired) electrons. The number of para-hydroxylation sites is 1. The Morgan fingerprint density at radius 2 is 2.00 bits per heavy atom. The van der Waals surface area contributed by atoms with Gasteiger partial charge in [0.1, 0.15) is 16.7 Å². The molecule has 4 heteroatoms. The molecule has 0 amide bonds. The summed E-state index contributed by atoms with van der Waals surface area (Å²) in [6.45, 7) is 4.15. The van der Waals surface area contributed by atoms with E-state index in [0.717, 1.165) is 17.1 Å². The summed E-state index contributed by atoms with van der Waals surface area (Å²) in [4.78, 5) is 4.37. The Balaban J connectivity index is 2.60. The number of methoxy groups -OCH3 is 1. The van der Waals surface area contributed by atoms with Crippen LogP contribution in [0.5, 0.6) is 5.75 Å². The predicted molar refractivity (Wildman–Crippen MR) is 69.6 cm³/mol. The summed E-state index contributed by atoms with van der Waals surface area (Å²) in [6.07, 6.45) is 1.67. The zero-order valence-corrected chi connectivity index (χ0v) is 10.9. The smallest absolute Gasteiger partial charge is 0.145 e. The van der Waals surface area contributed by atoms with Crippen molar-refractivity contribution in [2.75, 3.05) is 7.11 Å². The fraction of sp³-hybridized carbons (Fsp3) is 0.308. The molecule has 0 aliphatic heterocycles. The molecular formula is C13H15ClN2O. The minimum Gasteiger partial charge on any atom is -0.496 e. The molecule has 17 heavy (non-hydrogen) atoms. The van der Waals surface area contributed by atoms with Crippen molar-refractivity contribution in [2.45, 2.75) is 19.9 Å². The number of ether oxygens (including phenoxy) is 1. The number of hydrogen-bond acceptors (Lipinski definition) is 2. The van der Waals surface area contributed by atoms with Crippen LogP contribution in [0.15, 0.2) is 30.5 Å². The Morgan fingerprint density at radius 3 is 2.65 bits per heavy atom. The van der Waals surface area contributed by atoms with E-state index in [9.17, 15) is 0 Å². The molecule has 90 valence electrons. The van der Waals surface area contributed by atoms with Crippen molar-refractivity contribution in [2.24, 2.45) is 0 Å². The second-order valence-corrected chi connectivity index (χ2v) is 4.46. The van der Waals surface area contributed by atoms with Gasteiger partial charge in [0, 0.05) is 6.04 Å². The maximum Gasteiger partial charge on any atom is 0.145 e. The number of benzene rings is 1. The molecule has 0 N–H and O–H groups in total. The lowest BCUT2D eigenvalue weighted by atomic mass is 10.2. The molecular weight excluding hydrogens is 236 g/mol. The summed E-state index contributed by atoms with van der Waals surface area (Å²) in [6, 6.07) is 8.06. The molecule has 1 heterocycles. The Labute approximate surface area is 106 Å². The van der Waals surface area contributed by atoms with Crippen LogP contribution in [0.4, 0.5) is 0 Å². The molecule has 0 aliphatic carbocycles. The summed E-state index contributed by atoms with van der Waals surface area (Å²) in [5.74, 6) is 1.64. The minimum absolute atomic E-state index is 0.255. The summed E-state index contributed by atoms with van der Waals surface area (Å²) in [5.41, 5.74) is 0.954. The lowest BCUT2D eigenvalue weighted by Gasteiger charge is -2.14. The number of halogens is 1. The molecule has 0 atom stereocenters. The van der Waals surface area contributed by atoms with Crippen LogP contribution >= 0.6 is 11.6 Å². The zero-order valence-electron chi connectivity index (χ0n) is 10.1. The quantitative estimate of drug-likeness (QED) is 0.829. The maximum atomic E-state index is 6.15. The first-order chi connectivity index (χ1) is 8.15. The number of rotatable bonds is 3. The lowest BCUT2D eigenvalue weighted by molar-refractivity contribution is 0.415. The SMILES string of the molecule is COc1ccccc1-c1ncc(Cl)n1C(C)C. The molecule has 0 saturated carbocycles. The zero-order chi connectivity index (χ0) is 12.4. The van der Waals surface area contributed by atoms with Gasteiger partial charge in [0.15, 0.2) is 0 Å². The maximum absolute atomic E-state index is 6.15. The second kappa shape index (κ2) is 4.80. The van der Waals surface area contributed by atoms with Crippen LogP contribution in [0.3, 0.4) is 0 Å². The lowest BCUT2D eigenvalue weighted by Crippen LogP contribution is -2.04. The summed E-state index contributed by atoms with van der Waals surface area (Å²) >= 11 is 6.15. The van der Waals surface area contributed by atoms with Crippen molar-refractivity contribution in [3.8, 4) is 17.1 Å². The van der Waals surface area contributed by atoms with Crippen molar-refractivity contribution < 1.29 is 4.74 Å². The van der Waals surface area contributed by atoms with E-state index < -0.39 is 0 Å². The van der Waals surface area contributed by atoms with Crippen LogP contribution in [0.1, 0.15) is 19.9 Å². The Bertz CT molecular complexity index is 520. The first kappa shape index (κ1) is 12.0. The molecule has 0 unspecified atom stereocenters. The molecule has 3 nitrogen and oxygen atoms in total. The Hall–Kier alpha value is -1.48. The Kier molecular flexibility index (Phi) is 3.38. The van der Waals surface area contributed by atoms with E-state index in [4.69, 9.17) is 16.3 Å². The fourth-order valence-corrected chi connectivity index (χ4v) is 2.18. The predicted octanol–water partition coefficient (Wildman–Crippen LogP) is 3.79. The minimum atomic E-state index is 0.255. The van der Waals surface area contributed by atoms with Crippen molar-refractivity contribution in [1.82, 2.24) is 9.55 Å². The third kappa shape index (κ3) is 2.15. The number of aromatic nitrogens is 2. The van der Waals surface area contributed by atoms with Gasteiger partial charge in [0.2, 0.25) is 0 Å². The highest BCUT2D eigenvalue weighted by atomic mass is 35.5. The van der Waals surface area contributed by atoms with Crippen LogP contribution < -0.4 is 4.74 Å². The van der Waals surface area contributed by atoms with Gasteiger partial charge in [-0.1, -0.05) is 23.7 Å². The van der Waals surface area contributed by atoms with Gasteiger partial charge in [-0.05, 0) is 26.0 Å². The van der Waals surface area contributed by atoms with Gasteiger partial charge in [-0.2, -0.15) is 0 Å². The highest BCUT2D eigenvalue weighted by Crippen LogP contribution is 2.32. The summed E-state index contributed by atoms with van der Waals surface area (Å²) in [5, 5.41) is 0.640. The third-order valence-corrected chi connectivity index (χ3v) is 2.90. The second-order valence-electron chi connectivity index (χ2n) is 4.07. The third-order valence-electron chi connectivity index (χ3n) is 2.62. The first-order valence-electron chi connectivity index (χ1n) is 5.51. The molecule has 0 bridgehead atoms. The molecule has 0 fully saturated rings. The monoisotopic (exact) mass is 250 g/mol. The van der Waals surface area contributed by atoms with Gasteiger partial charge in [-0.15, -0.1) is 0 Å². The molecule has 1 aromatic heterocycles. The van der Waals surface area contributed by atoms with E-state index in [1.807, 2.05) is 28.8 Å². The van der Waals surface area contributed by atoms with Gasteiger partial charge >= 0.3 is 0 Å². The number of nitrogens with zero attached hydrogens (tertiary/aromatic N) is 2. The van der Waals surface area contributed by atoms with Gasteiger partial charge in [-0.3, -0.25) is 0 Å². The van der Waals surface area contributed by atoms with Crippen LogP contribution in [-0.4, -0.2) is 16.7 Å². The summed E-state index contributed by atoms with van der Waals surface area (Å²) in [7, 11) is 1.66. The molecule has 2 rings (SSSR count). The van der Waals surface area contributed by atoms with Crippen LogP contribution in [0.25, 0.3) is 11.4 Å². The Morgan fingerprint density at radius 1 is 1.29 bits per heavy atom. The van der Waals surface area contributed by atoms with Gasteiger partial charge in [-0.25, -0.2) is 4.98 Å². The highest BCUT2D eigenvalue weighted by Gasteiger charge is 2.15. The van der Waals surface area contributed by atoms with Crippen LogP contribution in [-0.2, 0) is 0 Å². The summed E-state index contributed by atoms with van der Waals surface area (Å²) < 4.78 is 7.33. The number of hydrogen-bond donors (Lipinski definition) is 0. The molecule has 1 aromatic carbocycles. The van der Waals surface area contributed by atoms with Gasteiger partial charge < -0.3 is 9.30 Å². The molecule has 2 aromatic rings. The standard InChI is InChI=1S/C13H15ClN2O/c1-9(2)16-12(14)8-15-13(16)10-6-4-5-7-11(10)17-3/h4-9H,1-3H3. The largest absolute Gasteiger partial charge is 0.496 e. The molecule has 0 spiro atoms. The normalized spacial score (nSPS) is 10.9. The number of imidazole rings is 1. The van der Waals surface area contributed by atoms with E-state index in [1.165, 1.54) is 0 Å². The van der Waals surface area contributed by atoms with E-state index in [2.05, 4.69) is 18.8 Å². The van der Waals surface area contributed by atoms with Crippen molar-refractivity contribution in [1.29, 1.82) is 0 Å². The topological polar surface area (TPSA) is 27.1 Å². The van der Waals surface area contributed by atoms with E-state index in [0.29, 0.717) is 5.15 Å². The fourth-order valence-electron chi connectivity index (χ4n) is 1.86. The van der Waals surface area contributed by atoms with Crippen molar-refractivity contribution in [3.05, 3.63) is 35.6 Å². The van der Waals surface area contributed by atoms with Crippen molar-refractivity contribution >= 4 is 11.6 Å². The highest BCUT2D eigenvalue weighted by molar-refractivity contribution is 6.29. The average Bonchev–Trinajstić information content (AvgIpc) is 2.71. The van der Waals surface area contributed by atoms with Crippen LogP contribution in [0.2, 0.25) is 5.15 Å². The first-order valence-corrected chi connectivity index (χ1v) is 5.89. The van der Waals surface area contributed by atoms with Crippen molar-refractivity contribution in [3.63, 3.8) is 0 Å². The molecule has 0 saturated heterocycles.